The molecule has 0 saturated carbocycles. The van der Waals surface area contributed by atoms with Crippen LogP contribution in [0.25, 0.3) is 16.5 Å². The number of benzene rings is 2. The minimum atomic E-state index is -0.236. The lowest BCUT2D eigenvalue weighted by atomic mass is 10.0. The van der Waals surface area contributed by atoms with Gasteiger partial charge in [-0.05, 0) is 42.7 Å². The first-order valence-corrected chi connectivity index (χ1v) is 11.5. The van der Waals surface area contributed by atoms with Crippen molar-refractivity contribution in [3.63, 3.8) is 0 Å². The van der Waals surface area contributed by atoms with Gasteiger partial charge in [-0.1, -0.05) is 48.0 Å². The van der Waals surface area contributed by atoms with Crippen LogP contribution < -0.4 is 0 Å². The summed E-state index contributed by atoms with van der Waals surface area (Å²) in [6.45, 7) is 2.33. The molecule has 5 rings (SSSR count). The predicted molar refractivity (Wildman–Crippen MR) is 127 cm³/mol. The molecule has 0 atom stereocenters. The Hall–Kier alpha value is -3.51. The highest BCUT2D eigenvalue weighted by atomic mass is 32.2. The predicted octanol–water partition coefficient (Wildman–Crippen LogP) is 5.33. The maximum absolute atomic E-state index is 13.4. The minimum absolute atomic E-state index is 0.234. The van der Waals surface area contributed by atoms with Gasteiger partial charge in [0, 0.05) is 23.6 Å². The van der Waals surface area contributed by atoms with E-state index in [1.54, 1.807) is 6.26 Å². The number of furan rings is 1. The summed E-state index contributed by atoms with van der Waals surface area (Å²) in [5, 5.41) is 1.12. The number of nitrogens with zero attached hydrogens (tertiary/aromatic N) is 1. The van der Waals surface area contributed by atoms with E-state index in [0.29, 0.717) is 29.2 Å². The molecule has 2 amide bonds. The molecule has 0 radical (unpaired) electrons. The van der Waals surface area contributed by atoms with Crippen LogP contribution in [-0.4, -0.2) is 28.2 Å². The molecule has 0 unspecified atom stereocenters. The van der Waals surface area contributed by atoms with Gasteiger partial charge in [-0.25, -0.2) is 0 Å². The van der Waals surface area contributed by atoms with Crippen molar-refractivity contribution in [2.45, 2.75) is 19.1 Å². The Labute approximate surface area is 190 Å². The van der Waals surface area contributed by atoms with Crippen LogP contribution in [0.1, 0.15) is 22.5 Å². The molecule has 5 nitrogen and oxygen atoms in total. The lowest BCUT2D eigenvalue weighted by molar-refractivity contribution is -0.136. The summed E-state index contributed by atoms with van der Waals surface area (Å²) >= 11 is 1.36. The van der Waals surface area contributed by atoms with Crippen LogP contribution in [-0.2, 0) is 21.8 Å². The maximum atomic E-state index is 13.4. The number of imide groups is 1. The van der Waals surface area contributed by atoms with Gasteiger partial charge < -0.3 is 9.40 Å². The molecule has 32 heavy (non-hydrogen) atoms. The SMILES string of the molecule is Cc1ccc(C2=C(SCc3ccco3)C(=O)N(CCc3c[nH]c4ccccc34)C2=O)cc1. The van der Waals surface area contributed by atoms with Crippen LogP contribution in [0.3, 0.4) is 0 Å². The quantitative estimate of drug-likeness (QED) is 0.393. The lowest BCUT2D eigenvalue weighted by Crippen LogP contribution is -2.33. The number of fused-ring (bicyclic) bond motifs is 1. The number of aromatic amines is 1. The van der Waals surface area contributed by atoms with Crippen LogP contribution in [0.4, 0.5) is 0 Å². The summed E-state index contributed by atoms with van der Waals surface area (Å²) in [6, 6.07) is 19.5. The molecular formula is C26H22N2O3S. The number of aryl methyl sites for hydroxylation is 1. The number of hydrogen-bond donors (Lipinski definition) is 1. The summed E-state index contributed by atoms with van der Waals surface area (Å²) < 4.78 is 5.42. The molecule has 160 valence electrons. The molecular weight excluding hydrogens is 420 g/mol. The van der Waals surface area contributed by atoms with Crippen LogP contribution in [0.5, 0.6) is 0 Å². The van der Waals surface area contributed by atoms with Gasteiger partial charge in [0.15, 0.2) is 0 Å². The minimum Gasteiger partial charge on any atom is -0.468 e. The summed E-state index contributed by atoms with van der Waals surface area (Å²) in [4.78, 5) is 31.9. The third-order valence-corrected chi connectivity index (χ3v) is 6.78. The number of aromatic nitrogens is 1. The van der Waals surface area contributed by atoms with Crippen molar-refractivity contribution in [2.24, 2.45) is 0 Å². The fourth-order valence-corrected chi connectivity index (χ4v) is 5.01. The van der Waals surface area contributed by atoms with Gasteiger partial charge in [-0.15, -0.1) is 11.8 Å². The Balaban J connectivity index is 1.42. The Morgan fingerprint density at radius 3 is 2.56 bits per heavy atom. The van der Waals surface area contributed by atoms with Crippen LogP contribution in [0.15, 0.2) is 82.4 Å². The van der Waals surface area contributed by atoms with Gasteiger partial charge in [0.1, 0.15) is 5.76 Å². The van der Waals surface area contributed by atoms with Crippen molar-refractivity contribution in [1.29, 1.82) is 0 Å². The number of H-pyrrole nitrogens is 1. The zero-order valence-electron chi connectivity index (χ0n) is 17.6. The van der Waals surface area contributed by atoms with E-state index in [1.807, 2.05) is 67.7 Å². The molecule has 4 aromatic rings. The van der Waals surface area contributed by atoms with E-state index in [2.05, 4.69) is 11.1 Å². The Morgan fingerprint density at radius 1 is 0.969 bits per heavy atom. The topological polar surface area (TPSA) is 66.3 Å². The number of amides is 2. The summed E-state index contributed by atoms with van der Waals surface area (Å²) in [5.41, 5.74) is 4.49. The van der Waals surface area contributed by atoms with E-state index >= 15 is 0 Å². The normalized spacial score (nSPS) is 14.2. The molecule has 0 aliphatic carbocycles. The van der Waals surface area contributed by atoms with Gasteiger partial charge >= 0.3 is 0 Å². The first-order valence-electron chi connectivity index (χ1n) is 10.5. The van der Waals surface area contributed by atoms with Crippen molar-refractivity contribution in [1.82, 2.24) is 9.88 Å². The van der Waals surface area contributed by atoms with Crippen molar-refractivity contribution in [2.75, 3.05) is 6.54 Å². The van der Waals surface area contributed by atoms with Crippen molar-refractivity contribution in [3.05, 3.63) is 100 Å². The molecule has 1 aliphatic heterocycles. The Morgan fingerprint density at radius 2 is 1.78 bits per heavy atom. The number of para-hydroxylation sites is 1. The molecule has 2 aromatic carbocycles. The molecule has 0 bridgehead atoms. The lowest BCUT2D eigenvalue weighted by Gasteiger charge is -2.15. The standard InChI is InChI=1S/C26H22N2O3S/c1-17-8-10-18(11-9-17)23-24(32-16-20-5-4-14-31-20)26(30)28(25(23)29)13-12-19-15-27-22-7-3-2-6-21(19)22/h2-11,14-15,27H,12-13,16H2,1H3. The molecule has 3 heterocycles. The first-order chi connectivity index (χ1) is 15.6. The average molecular weight is 443 g/mol. The second-order valence-corrected chi connectivity index (χ2v) is 8.80. The van der Waals surface area contributed by atoms with E-state index < -0.39 is 0 Å². The smallest absolute Gasteiger partial charge is 0.268 e. The largest absolute Gasteiger partial charge is 0.468 e. The van der Waals surface area contributed by atoms with Gasteiger partial charge in [0.05, 0.1) is 22.5 Å². The molecule has 0 fully saturated rings. The fraction of sp³-hybridized carbons (Fsp3) is 0.154. The maximum Gasteiger partial charge on any atom is 0.268 e. The third-order valence-electron chi connectivity index (χ3n) is 5.68. The molecule has 0 saturated heterocycles. The zero-order chi connectivity index (χ0) is 22.1. The van der Waals surface area contributed by atoms with Gasteiger partial charge in [-0.3, -0.25) is 14.5 Å². The molecule has 1 N–H and O–H groups in total. The van der Waals surface area contributed by atoms with E-state index in [4.69, 9.17) is 4.42 Å². The van der Waals surface area contributed by atoms with Crippen LogP contribution >= 0.6 is 11.8 Å². The zero-order valence-corrected chi connectivity index (χ0v) is 18.4. The molecule has 0 spiro atoms. The van der Waals surface area contributed by atoms with Gasteiger partial charge in [0.25, 0.3) is 11.8 Å². The number of carbonyl (C=O) groups excluding carboxylic acids is 2. The van der Waals surface area contributed by atoms with Crippen LogP contribution in [0.2, 0.25) is 0 Å². The van der Waals surface area contributed by atoms with Crippen molar-refractivity contribution < 1.29 is 14.0 Å². The number of carbonyl (C=O) groups is 2. The Bertz CT molecular complexity index is 1320. The number of thioether (sulfide) groups is 1. The summed E-state index contributed by atoms with van der Waals surface area (Å²) in [7, 11) is 0. The van der Waals surface area contributed by atoms with E-state index in [-0.39, 0.29) is 11.8 Å². The number of hydrogen-bond acceptors (Lipinski definition) is 4. The molecule has 2 aromatic heterocycles. The van der Waals surface area contributed by atoms with Gasteiger partial charge in [0.2, 0.25) is 0 Å². The van der Waals surface area contributed by atoms with E-state index in [1.165, 1.54) is 16.7 Å². The van der Waals surface area contributed by atoms with Crippen molar-refractivity contribution >= 4 is 40.1 Å². The number of nitrogens with one attached hydrogen (secondary N) is 1. The Kier molecular flexibility index (Phi) is 5.45. The van der Waals surface area contributed by atoms with Gasteiger partial charge in [-0.2, -0.15) is 0 Å². The average Bonchev–Trinajstić information content (AvgIpc) is 3.52. The highest BCUT2D eigenvalue weighted by Crippen LogP contribution is 2.38. The monoisotopic (exact) mass is 442 g/mol. The second-order valence-electron chi connectivity index (χ2n) is 7.81. The highest BCUT2D eigenvalue weighted by molar-refractivity contribution is 8.03. The molecule has 1 aliphatic rings. The number of rotatable bonds is 7. The first kappa shape index (κ1) is 20.4. The third kappa shape index (κ3) is 3.78. The second kappa shape index (κ2) is 8.55. The van der Waals surface area contributed by atoms with Crippen LogP contribution in [0, 0.1) is 6.92 Å². The van der Waals surface area contributed by atoms with E-state index in [0.717, 1.165) is 33.4 Å². The summed E-state index contributed by atoms with van der Waals surface area (Å²) in [5.74, 6) is 0.790. The van der Waals surface area contributed by atoms with E-state index in [9.17, 15) is 9.59 Å². The summed E-state index contributed by atoms with van der Waals surface area (Å²) in [6.07, 6.45) is 4.16. The fourth-order valence-electron chi connectivity index (χ4n) is 3.97. The molecule has 6 heteroatoms. The highest BCUT2D eigenvalue weighted by Gasteiger charge is 2.39. The van der Waals surface area contributed by atoms with Crippen molar-refractivity contribution in [3.8, 4) is 0 Å².